The number of nitrogens with zero attached hydrogens (tertiary/aromatic N) is 1. The zero-order valence-corrected chi connectivity index (χ0v) is 11.3. The Hall–Kier alpha value is -2.26. The highest BCUT2D eigenvalue weighted by atomic mass is 16.3. The molecule has 0 saturated heterocycles. The smallest absolute Gasteiger partial charge is 0.116 e. The van der Waals surface area contributed by atoms with Crippen molar-refractivity contribution in [3.8, 4) is 5.75 Å². The fraction of sp³-hybridized carbons (Fsp3) is 0.176. The van der Waals surface area contributed by atoms with E-state index in [0.717, 1.165) is 16.5 Å². The van der Waals surface area contributed by atoms with Crippen LogP contribution in [0.2, 0.25) is 0 Å². The summed E-state index contributed by atoms with van der Waals surface area (Å²) < 4.78 is 2.05. The molecule has 0 aliphatic rings. The predicted molar refractivity (Wildman–Crippen MR) is 79.9 cm³/mol. The number of aromatic nitrogens is 1. The van der Waals surface area contributed by atoms with E-state index in [4.69, 9.17) is 0 Å². The number of hydrogen-bond donors (Lipinski definition) is 2. The van der Waals surface area contributed by atoms with Crippen LogP contribution in [0.4, 0.5) is 0 Å². The van der Waals surface area contributed by atoms with Crippen molar-refractivity contribution in [2.45, 2.75) is 19.1 Å². The van der Waals surface area contributed by atoms with Gasteiger partial charge in [0, 0.05) is 17.1 Å². The molecule has 3 heteroatoms. The number of phenols is 1. The molecule has 3 nitrogen and oxygen atoms in total. The maximum absolute atomic E-state index is 10.2. The van der Waals surface area contributed by atoms with Gasteiger partial charge < -0.3 is 14.8 Å². The quantitative estimate of drug-likeness (QED) is 0.764. The highest BCUT2D eigenvalue weighted by molar-refractivity contribution is 5.81. The number of phenolic OH excluding ortho intramolecular Hbond substituents is 1. The summed E-state index contributed by atoms with van der Waals surface area (Å²) in [5.74, 6) is 0.253. The van der Waals surface area contributed by atoms with Gasteiger partial charge in [-0.25, -0.2) is 0 Å². The van der Waals surface area contributed by atoms with Crippen molar-refractivity contribution < 1.29 is 10.2 Å². The molecule has 0 radical (unpaired) electrons. The number of fused-ring (bicyclic) bond motifs is 1. The van der Waals surface area contributed by atoms with E-state index in [2.05, 4.69) is 4.57 Å². The van der Waals surface area contributed by atoms with Crippen LogP contribution in [-0.4, -0.2) is 20.9 Å². The standard InChI is InChI=1S/C17H17NO2/c1-12(19)17(13-5-3-2-4-6-13)18-10-9-14-11-15(20)7-8-16(14)18/h2-12,17,19-20H,1H3. The molecule has 0 aliphatic carbocycles. The molecular weight excluding hydrogens is 250 g/mol. The second kappa shape index (κ2) is 5.02. The van der Waals surface area contributed by atoms with E-state index >= 15 is 0 Å². The van der Waals surface area contributed by atoms with Crippen LogP contribution in [0.25, 0.3) is 10.9 Å². The Balaban J connectivity index is 2.16. The number of aromatic hydroxyl groups is 1. The number of rotatable bonds is 3. The van der Waals surface area contributed by atoms with Crippen molar-refractivity contribution in [3.05, 3.63) is 66.4 Å². The lowest BCUT2D eigenvalue weighted by Gasteiger charge is -2.23. The maximum atomic E-state index is 10.2. The molecule has 2 N–H and O–H groups in total. The van der Waals surface area contributed by atoms with Gasteiger partial charge in [-0.2, -0.15) is 0 Å². The molecule has 20 heavy (non-hydrogen) atoms. The average molecular weight is 267 g/mol. The lowest BCUT2D eigenvalue weighted by atomic mass is 10.0. The Kier molecular flexibility index (Phi) is 3.20. The summed E-state index contributed by atoms with van der Waals surface area (Å²) in [6.07, 6.45) is 1.44. The Labute approximate surface area is 117 Å². The summed E-state index contributed by atoms with van der Waals surface area (Å²) in [6, 6.07) is 17.0. The number of aliphatic hydroxyl groups excluding tert-OH is 1. The molecule has 0 amide bonds. The minimum absolute atomic E-state index is 0.141. The summed E-state index contributed by atoms with van der Waals surface area (Å²) in [4.78, 5) is 0. The van der Waals surface area contributed by atoms with E-state index < -0.39 is 6.10 Å². The number of benzene rings is 2. The average Bonchev–Trinajstić information content (AvgIpc) is 2.83. The molecule has 3 aromatic rings. The predicted octanol–water partition coefficient (Wildman–Crippen LogP) is 3.32. The fourth-order valence-electron chi connectivity index (χ4n) is 2.72. The second-order valence-electron chi connectivity index (χ2n) is 5.06. The van der Waals surface area contributed by atoms with Gasteiger partial charge in [-0.05, 0) is 36.8 Å². The first-order valence-electron chi connectivity index (χ1n) is 6.69. The molecule has 2 unspecified atom stereocenters. The molecule has 0 spiro atoms. The van der Waals surface area contributed by atoms with Crippen LogP contribution in [0.1, 0.15) is 18.5 Å². The zero-order chi connectivity index (χ0) is 14.1. The van der Waals surface area contributed by atoms with Crippen molar-refractivity contribution in [2.24, 2.45) is 0 Å². The third-order valence-electron chi connectivity index (χ3n) is 3.60. The van der Waals surface area contributed by atoms with E-state index in [1.807, 2.05) is 48.7 Å². The van der Waals surface area contributed by atoms with Gasteiger partial charge in [0.1, 0.15) is 5.75 Å². The molecule has 0 bridgehead atoms. The third kappa shape index (κ3) is 2.17. The summed E-state index contributed by atoms with van der Waals surface area (Å²) >= 11 is 0. The van der Waals surface area contributed by atoms with Gasteiger partial charge in [0.15, 0.2) is 0 Å². The van der Waals surface area contributed by atoms with Crippen LogP contribution in [0.15, 0.2) is 60.8 Å². The molecule has 1 heterocycles. The molecule has 0 aliphatic heterocycles. The molecule has 2 atom stereocenters. The van der Waals surface area contributed by atoms with Gasteiger partial charge in [0.25, 0.3) is 0 Å². The third-order valence-corrected chi connectivity index (χ3v) is 3.60. The van der Waals surface area contributed by atoms with E-state index in [1.54, 1.807) is 19.1 Å². The Bertz CT molecular complexity index is 716. The summed E-state index contributed by atoms with van der Waals surface area (Å²) in [7, 11) is 0. The number of aliphatic hydroxyl groups is 1. The SMILES string of the molecule is CC(O)C(c1ccccc1)n1ccc2cc(O)ccc21. The van der Waals surface area contributed by atoms with E-state index in [9.17, 15) is 10.2 Å². The summed E-state index contributed by atoms with van der Waals surface area (Å²) in [5, 5.41) is 20.7. The van der Waals surface area contributed by atoms with Crippen LogP contribution in [0, 0.1) is 0 Å². The Morgan fingerprint density at radius 2 is 1.75 bits per heavy atom. The first-order valence-corrected chi connectivity index (χ1v) is 6.69. The molecule has 3 rings (SSSR count). The van der Waals surface area contributed by atoms with Crippen molar-refractivity contribution in [2.75, 3.05) is 0 Å². The normalized spacial score (nSPS) is 14.3. The summed E-state index contributed by atoms with van der Waals surface area (Å²) in [5.41, 5.74) is 2.06. The largest absolute Gasteiger partial charge is 0.508 e. The van der Waals surface area contributed by atoms with Crippen LogP contribution < -0.4 is 0 Å². The van der Waals surface area contributed by atoms with Gasteiger partial charge in [-0.15, -0.1) is 0 Å². The van der Waals surface area contributed by atoms with Gasteiger partial charge >= 0.3 is 0 Å². The van der Waals surface area contributed by atoms with E-state index in [-0.39, 0.29) is 11.8 Å². The van der Waals surface area contributed by atoms with Gasteiger partial charge in [-0.3, -0.25) is 0 Å². The van der Waals surface area contributed by atoms with Crippen LogP contribution in [0.3, 0.4) is 0 Å². The van der Waals surface area contributed by atoms with Crippen LogP contribution in [-0.2, 0) is 0 Å². The molecule has 102 valence electrons. The van der Waals surface area contributed by atoms with Crippen molar-refractivity contribution >= 4 is 10.9 Å². The monoisotopic (exact) mass is 267 g/mol. The van der Waals surface area contributed by atoms with Crippen molar-refractivity contribution in [1.82, 2.24) is 4.57 Å². The van der Waals surface area contributed by atoms with Gasteiger partial charge in [0.05, 0.1) is 12.1 Å². The zero-order valence-electron chi connectivity index (χ0n) is 11.3. The molecule has 1 aromatic heterocycles. The maximum Gasteiger partial charge on any atom is 0.116 e. The minimum atomic E-state index is -0.512. The van der Waals surface area contributed by atoms with Crippen molar-refractivity contribution in [1.29, 1.82) is 0 Å². The summed E-state index contributed by atoms with van der Waals surface area (Å²) in [6.45, 7) is 1.80. The number of hydrogen-bond acceptors (Lipinski definition) is 2. The van der Waals surface area contributed by atoms with E-state index in [0.29, 0.717) is 0 Å². The first-order chi connectivity index (χ1) is 9.66. The highest BCUT2D eigenvalue weighted by Crippen LogP contribution is 2.29. The van der Waals surface area contributed by atoms with Crippen molar-refractivity contribution in [3.63, 3.8) is 0 Å². The molecular formula is C17H17NO2. The fourth-order valence-corrected chi connectivity index (χ4v) is 2.72. The molecule has 2 aromatic carbocycles. The Morgan fingerprint density at radius 3 is 2.45 bits per heavy atom. The minimum Gasteiger partial charge on any atom is -0.508 e. The van der Waals surface area contributed by atoms with Gasteiger partial charge in [-0.1, -0.05) is 30.3 Å². The first kappa shape index (κ1) is 12.8. The second-order valence-corrected chi connectivity index (χ2v) is 5.06. The van der Waals surface area contributed by atoms with Crippen LogP contribution >= 0.6 is 0 Å². The lowest BCUT2D eigenvalue weighted by Crippen LogP contribution is -2.21. The lowest BCUT2D eigenvalue weighted by molar-refractivity contribution is 0.151. The van der Waals surface area contributed by atoms with Gasteiger partial charge in [0.2, 0.25) is 0 Å². The topological polar surface area (TPSA) is 45.4 Å². The highest BCUT2D eigenvalue weighted by Gasteiger charge is 2.20. The van der Waals surface area contributed by atoms with E-state index in [1.165, 1.54) is 0 Å². The Morgan fingerprint density at radius 1 is 1.00 bits per heavy atom. The molecule has 0 fully saturated rings. The molecule has 0 saturated carbocycles. The van der Waals surface area contributed by atoms with Crippen LogP contribution in [0.5, 0.6) is 5.75 Å².